The molecule has 0 radical (unpaired) electrons. The van der Waals surface area contributed by atoms with E-state index >= 15 is 8.78 Å². The first-order chi connectivity index (χ1) is 18.9. The Balaban J connectivity index is 1.56. The molecule has 5 N–H and O–H groups in total. The van der Waals surface area contributed by atoms with Crippen LogP contribution in [0.4, 0.5) is 24.7 Å². The molecule has 212 valence electrons. The predicted octanol–water partition coefficient (Wildman–Crippen LogP) is 5.61. The largest absolute Gasteiger partial charge is 0.383 e. The van der Waals surface area contributed by atoms with Crippen LogP contribution in [0, 0.1) is 17.5 Å². The van der Waals surface area contributed by atoms with Crippen LogP contribution in [0.3, 0.4) is 0 Å². The van der Waals surface area contributed by atoms with Gasteiger partial charge < -0.3 is 11.5 Å². The minimum atomic E-state index is -4.25. The first-order valence-corrected chi connectivity index (χ1v) is 14.8. The maximum absolute atomic E-state index is 15.6. The Morgan fingerprint density at radius 3 is 2.42 bits per heavy atom. The van der Waals surface area contributed by atoms with Gasteiger partial charge >= 0.3 is 0 Å². The van der Waals surface area contributed by atoms with E-state index in [-0.39, 0.29) is 40.6 Å². The van der Waals surface area contributed by atoms with Crippen molar-refractivity contribution < 1.29 is 21.6 Å². The standard InChI is InChI=1S/C28H31F3N6O2S/c1-15(2)37-27-20(16-7-9-18(32)10-8-16)13-34-28(33)25(27)26(35-37)19-11-23(31)24(12-22(19)30)36-40(38,39)14-17-5-3-4-6-21(17)29/h3-6,11-13,15-16,18,36H,7-10,14,32H2,1-2H3,(H2,33,34)/t16-,18-. The number of fused-ring (bicyclic) bond motifs is 1. The number of nitrogens with two attached hydrogens (primary N) is 2. The minimum Gasteiger partial charge on any atom is -0.383 e. The van der Waals surface area contributed by atoms with E-state index in [4.69, 9.17) is 11.5 Å². The number of benzene rings is 2. The number of halogens is 3. The van der Waals surface area contributed by atoms with Gasteiger partial charge in [-0.2, -0.15) is 5.10 Å². The van der Waals surface area contributed by atoms with Gasteiger partial charge in [0.1, 0.15) is 29.0 Å². The fourth-order valence-electron chi connectivity index (χ4n) is 5.34. The molecular formula is C28H31F3N6O2S. The van der Waals surface area contributed by atoms with E-state index in [1.807, 2.05) is 18.6 Å². The Hall–Kier alpha value is -3.64. The molecule has 1 aliphatic rings. The molecule has 0 bridgehead atoms. The summed E-state index contributed by atoms with van der Waals surface area (Å²) in [5.74, 6) is -3.10. The molecule has 1 saturated carbocycles. The summed E-state index contributed by atoms with van der Waals surface area (Å²) in [5, 5.41) is 5.06. The van der Waals surface area contributed by atoms with Crippen LogP contribution in [-0.4, -0.2) is 29.2 Å². The van der Waals surface area contributed by atoms with Gasteiger partial charge in [0.25, 0.3) is 0 Å². The van der Waals surface area contributed by atoms with Crippen LogP contribution in [0.2, 0.25) is 0 Å². The molecule has 2 aromatic heterocycles. The highest BCUT2D eigenvalue weighted by Gasteiger charge is 2.29. The van der Waals surface area contributed by atoms with E-state index in [9.17, 15) is 12.8 Å². The second-order valence-electron chi connectivity index (χ2n) is 10.6. The molecule has 8 nitrogen and oxygen atoms in total. The molecule has 40 heavy (non-hydrogen) atoms. The molecule has 4 aromatic rings. The van der Waals surface area contributed by atoms with Crippen molar-refractivity contribution in [3.05, 3.63) is 71.2 Å². The highest BCUT2D eigenvalue weighted by molar-refractivity contribution is 7.91. The van der Waals surface area contributed by atoms with Crippen LogP contribution < -0.4 is 16.2 Å². The van der Waals surface area contributed by atoms with Gasteiger partial charge in [-0.05, 0) is 63.1 Å². The zero-order valence-corrected chi connectivity index (χ0v) is 23.0. The highest BCUT2D eigenvalue weighted by atomic mass is 32.2. The van der Waals surface area contributed by atoms with E-state index in [1.165, 1.54) is 18.2 Å². The van der Waals surface area contributed by atoms with Gasteiger partial charge in [0, 0.05) is 35.5 Å². The van der Waals surface area contributed by atoms with E-state index in [2.05, 4.69) is 10.1 Å². The van der Waals surface area contributed by atoms with Gasteiger partial charge in [-0.1, -0.05) is 18.2 Å². The maximum atomic E-state index is 15.6. The molecule has 12 heteroatoms. The van der Waals surface area contributed by atoms with Crippen LogP contribution >= 0.6 is 0 Å². The summed E-state index contributed by atoms with van der Waals surface area (Å²) >= 11 is 0. The van der Waals surface area contributed by atoms with Crippen LogP contribution in [0.1, 0.15) is 62.6 Å². The van der Waals surface area contributed by atoms with Crippen molar-refractivity contribution in [2.45, 2.75) is 63.3 Å². The number of nitrogen functional groups attached to an aromatic ring is 1. The van der Waals surface area contributed by atoms with Crippen molar-refractivity contribution in [3.8, 4) is 11.3 Å². The summed E-state index contributed by atoms with van der Waals surface area (Å²) in [7, 11) is -4.25. The van der Waals surface area contributed by atoms with Crippen molar-refractivity contribution in [2.75, 3.05) is 10.5 Å². The second kappa shape index (κ2) is 10.7. The number of nitrogens with zero attached hydrogens (tertiary/aromatic N) is 3. The zero-order chi connectivity index (χ0) is 28.8. The van der Waals surface area contributed by atoms with Crippen LogP contribution in [0.15, 0.2) is 42.6 Å². The molecule has 0 amide bonds. The van der Waals surface area contributed by atoms with Crippen LogP contribution in [0.25, 0.3) is 22.2 Å². The Labute approximate surface area is 230 Å². The molecule has 1 fully saturated rings. The summed E-state index contributed by atoms with van der Waals surface area (Å²) in [6, 6.07) is 6.99. The number of hydrogen-bond acceptors (Lipinski definition) is 6. The molecule has 0 unspecified atom stereocenters. The molecule has 0 spiro atoms. The predicted molar refractivity (Wildman–Crippen MR) is 150 cm³/mol. The van der Waals surface area contributed by atoms with Crippen molar-refractivity contribution in [3.63, 3.8) is 0 Å². The van der Waals surface area contributed by atoms with Gasteiger partial charge in [-0.15, -0.1) is 0 Å². The quantitative estimate of drug-likeness (QED) is 0.264. The fraction of sp³-hybridized carbons (Fsp3) is 0.357. The summed E-state index contributed by atoms with van der Waals surface area (Å²) in [6.45, 7) is 3.86. The number of sulfonamides is 1. The summed E-state index contributed by atoms with van der Waals surface area (Å²) in [5.41, 5.74) is 13.3. The Bertz CT molecular complexity index is 1680. The third-order valence-electron chi connectivity index (χ3n) is 7.36. The molecular weight excluding hydrogens is 541 g/mol. The molecule has 0 atom stereocenters. The zero-order valence-electron chi connectivity index (χ0n) is 22.2. The smallest absolute Gasteiger partial charge is 0.237 e. The van der Waals surface area contributed by atoms with E-state index < -0.39 is 38.9 Å². The lowest BCUT2D eigenvalue weighted by Gasteiger charge is -2.27. The van der Waals surface area contributed by atoms with E-state index in [1.54, 1.807) is 10.9 Å². The van der Waals surface area contributed by atoms with Gasteiger partial charge in [-0.3, -0.25) is 9.40 Å². The minimum absolute atomic E-state index is 0.100. The Kier molecular flexibility index (Phi) is 7.49. The van der Waals surface area contributed by atoms with Crippen LogP contribution in [0.5, 0.6) is 0 Å². The summed E-state index contributed by atoms with van der Waals surface area (Å²) < 4.78 is 73.8. The molecule has 2 aromatic carbocycles. The number of nitrogens with one attached hydrogen (secondary N) is 1. The monoisotopic (exact) mass is 572 g/mol. The third-order valence-corrected chi connectivity index (χ3v) is 8.59. The number of hydrogen-bond donors (Lipinski definition) is 3. The average Bonchev–Trinajstić information content (AvgIpc) is 3.30. The number of anilines is 2. The normalized spacial score (nSPS) is 18.0. The lowest BCUT2D eigenvalue weighted by Crippen LogP contribution is -2.26. The third kappa shape index (κ3) is 5.37. The Morgan fingerprint density at radius 1 is 1.05 bits per heavy atom. The number of rotatable bonds is 7. The van der Waals surface area contributed by atoms with Crippen molar-refractivity contribution in [1.82, 2.24) is 14.8 Å². The summed E-state index contributed by atoms with van der Waals surface area (Å²) in [4.78, 5) is 4.38. The SMILES string of the molecule is CC(C)n1nc(-c2cc(F)c(NS(=O)(=O)Cc3ccccc3F)cc2F)c2c(N)ncc([C@H]3CC[C@H](N)CC3)c21. The van der Waals surface area contributed by atoms with Crippen molar-refractivity contribution in [1.29, 1.82) is 0 Å². The molecule has 0 saturated heterocycles. The highest BCUT2D eigenvalue weighted by Crippen LogP contribution is 2.42. The number of pyridine rings is 1. The molecule has 0 aliphatic heterocycles. The van der Waals surface area contributed by atoms with Crippen molar-refractivity contribution >= 4 is 32.4 Å². The average molecular weight is 573 g/mol. The first kappa shape index (κ1) is 27.9. The molecule has 5 rings (SSSR count). The van der Waals surface area contributed by atoms with Gasteiger partial charge in [-0.25, -0.2) is 26.6 Å². The Morgan fingerprint density at radius 2 is 1.75 bits per heavy atom. The summed E-state index contributed by atoms with van der Waals surface area (Å²) in [6.07, 6.45) is 5.20. The molecule has 2 heterocycles. The van der Waals surface area contributed by atoms with Gasteiger partial charge in [0.15, 0.2) is 0 Å². The van der Waals surface area contributed by atoms with Crippen molar-refractivity contribution in [2.24, 2.45) is 5.73 Å². The molecule has 1 aliphatic carbocycles. The van der Waals surface area contributed by atoms with Gasteiger partial charge in [0.2, 0.25) is 10.0 Å². The lowest BCUT2D eigenvalue weighted by molar-refractivity contribution is 0.395. The van der Waals surface area contributed by atoms with E-state index in [0.29, 0.717) is 10.9 Å². The van der Waals surface area contributed by atoms with E-state index in [0.717, 1.165) is 49.4 Å². The second-order valence-corrected chi connectivity index (χ2v) is 12.3. The number of aromatic nitrogens is 3. The maximum Gasteiger partial charge on any atom is 0.237 e. The van der Waals surface area contributed by atoms with Gasteiger partial charge in [0.05, 0.1) is 22.3 Å². The fourth-order valence-corrected chi connectivity index (χ4v) is 6.55. The van der Waals surface area contributed by atoms with Crippen LogP contribution in [-0.2, 0) is 15.8 Å². The first-order valence-electron chi connectivity index (χ1n) is 13.1. The lowest BCUT2D eigenvalue weighted by atomic mass is 9.82. The topological polar surface area (TPSA) is 129 Å².